The van der Waals surface area contributed by atoms with Gasteiger partial charge in [0.25, 0.3) is 0 Å². The van der Waals surface area contributed by atoms with Gasteiger partial charge in [0.15, 0.2) is 11.6 Å². The molecule has 1 heterocycles. The molecule has 1 aromatic heterocycles. The third-order valence-corrected chi connectivity index (χ3v) is 3.38. The van der Waals surface area contributed by atoms with Crippen LogP contribution in [0.4, 0.5) is 8.78 Å². The van der Waals surface area contributed by atoms with Gasteiger partial charge in [-0.25, -0.2) is 8.78 Å². The van der Waals surface area contributed by atoms with Gasteiger partial charge in [-0.3, -0.25) is 9.48 Å². The van der Waals surface area contributed by atoms with E-state index in [4.69, 9.17) is 4.74 Å². The van der Waals surface area contributed by atoms with E-state index in [-0.39, 0.29) is 24.3 Å². The molecule has 0 saturated heterocycles. The van der Waals surface area contributed by atoms with Gasteiger partial charge in [-0.05, 0) is 26.1 Å². The van der Waals surface area contributed by atoms with Gasteiger partial charge in [0.1, 0.15) is 18.5 Å². The molecular formula is C16H20F2N4O2. The Morgan fingerprint density at radius 1 is 1.42 bits per heavy atom. The highest BCUT2D eigenvalue weighted by atomic mass is 19.1. The highest BCUT2D eigenvalue weighted by Crippen LogP contribution is 2.18. The van der Waals surface area contributed by atoms with E-state index in [1.54, 1.807) is 38.1 Å². The first-order valence-corrected chi connectivity index (χ1v) is 7.44. The lowest BCUT2D eigenvalue weighted by atomic mass is 10.1. The quantitative estimate of drug-likeness (QED) is 0.804. The van der Waals surface area contributed by atoms with E-state index in [0.717, 1.165) is 17.7 Å². The molecule has 0 bridgehead atoms. The molecule has 2 rings (SSSR count). The van der Waals surface area contributed by atoms with Crippen molar-refractivity contribution in [1.29, 1.82) is 0 Å². The van der Waals surface area contributed by atoms with Crippen molar-refractivity contribution in [2.75, 3.05) is 13.7 Å². The first-order valence-electron chi connectivity index (χ1n) is 7.44. The molecule has 0 aliphatic rings. The van der Waals surface area contributed by atoms with Crippen LogP contribution in [0.15, 0.2) is 30.6 Å². The third kappa shape index (κ3) is 4.51. The summed E-state index contributed by atoms with van der Waals surface area (Å²) in [5.41, 5.74) is 0.732. The van der Waals surface area contributed by atoms with Gasteiger partial charge in [-0.1, -0.05) is 0 Å². The molecule has 0 radical (unpaired) electrons. The average molecular weight is 338 g/mol. The fraction of sp³-hybridized carbons (Fsp3) is 0.375. The molecule has 2 atom stereocenters. The molecule has 0 aliphatic carbocycles. The van der Waals surface area contributed by atoms with E-state index >= 15 is 0 Å². The summed E-state index contributed by atoms with van der Waals surface area (Å²) in [5.74, 6) is -1.76. The van der Waals surface area contributed by atoms with E-state index in [9.17, 15) is 13.6 Å². The smallest absolute Gasteiger partial charge is 0.242 e. The monoisotopic (exact) mass is 338 g/mol. The molecule has 1 aromatic carbocycles. The van der Waals surface area contributed by atoms with E-state index in [1.807, 2.05) is 0 Å². The molecule has 2 unspecified atom stereocenters. The predicted molar refractivity (Wildman–Crippen MR) is 84.5 cm³/mol. The Morgan fingerprint density at radius 2 is 2.17 bits per heavy atom. The fourth-order valence-corrected chi connectivity index (χ4v) is 2.21. The molecule has 0 saturated carbocycles. The van der Waals surface area contributed by atoms with E-state index < -0.39 is 17.7 Å². The number of benzene rings is 1. The number of rotatable bonds is 7. The van der Waals surface area contributed by atoms with Crippen LogP contribution in [0.25, 0.3) is 0 Å². The fourth-order valence-electron chi connectivity index (χ4n) is 2.21. The number of aromatic nitrogens is 2. The second-order valence-corrected chi connectivity index (χ2v) is 5.46. The molecule has 130 valence electrons. The number of amides is 1. The minimum Gasteiger partial charge on any atom is -0.488 e. The molecule has 2 aromatic rings. The summed E-state index contributed by atoms with van der Waals surface area (Å²) in [6.07, 6.45) is 3.35. The summed E-state index contributed by atoms with van der Waals surface area (Å²) in [5, 5.41) is 9.74. The van der Waals surface area contributed by atoms with Crippen molar-refractivity contribution in [3.63, 3.8) is 0 Å². The zero-order chi connectivity index (χ0) is 17.7. The number of hydrogen-bond donors (Lipinski definition) is 2. The van der Waals surface area contributed by atoms with Crippen LogP contribution in [-0.4, -0.2) is 35.4 Å². The molecule has 24 heavy (non-hydrogen) atoms. The van der Waals surface area contributed by atoms with E-state index in [2.05, 4.69) is 15.7 Å². The largest absolute Gasteiger partial charge is 0.488 e. The molecule has 2 N–H and O–H groups in total. The summed E-state index contributed by atoms with van der Waals surface area (Å²) in [4.78, 5) is 12.3. The Morgan fingerprint density at radius 3 is 2.75 bits per heavy atom. The van der Waals surface area contributed by atoms with Crippen LogP contribution >= 0.6 is 0 Å². The van der Waals surface area contributed by atoms with Crippen LogP contribution in [0.1, 0.15) is 18.5 Å². The van der Waals surface area contributed by atoms with Crippen molar-refractivity contribution in [2.24, 2.45) is 7.05 Å². The number of nitrogens with zero attached hydrogens (tertiary/aromatic N) is 2. The Balaban J connectivity index is 1.90. The zero-order valence-corrected chi connectivity index (χ0v) is 13.7. The van der Waals surface area contributed by atoms with Crippen molar-refractivity contribution in [3.05, 3.63) is 47.8 Å². The summed E-state index contributed by atoms with van der Waals surface area (Å²) >= 11 is 0. The summed E-state index contributed by atoms with van der Waals surface area (Å²) < 4.78 is 33.2. The van der Waals surface area contributed by atoms with Gasteiger partial charge < -0.3 is 15.4 Å². The third-order valence-electron chi connectivity index (χ3n) is 3.38. The van der Waals surface area contributed by atoms with Gasteiger partial charge in [0.2, 0.25) is 5.91 Å². The van der Waals surface area contributed by atoms with Gasteiger partial charge in [-0.15, -0.1) is 0 Å². The van der Waals surface area contributed by atoms with Gasteiger partial charge in [0, 0.05) is 24.9 Å². The lowest BCUT2D eigenvalue weighted by Crippen LogP contribution is -2.43. The second-order valence-electron chi connectivity index (χ2n) is 5.46. The van der Waals surface area contributed by atoms with E-state index in [1.165, 1.54) is 6.07 Å². The SMILES string of the molecule is CNC(C(=O)NC(C)COc1ccc(F)cc1F)c1cnn(C)c1. The molecule has 1 amide bonds. The number of hydrogen-bond acceptors (Lipinski definition) is 4. The Kier molecular flexibility index (Phi) is 5.86. The topological polar surface area (TPSA) is 68.2 Å². The Hall–Kier alpha value is -2.48. The van der Waals surface area contributed by atoms with Crippen LogP contribution in [0.3, 0.4) is 0 Å². The lowest BCUT2D eigenvalue weighted by molar-refractivity contribution is -0.124. The minimum absolute atomic E-state index is 0.0533. The van der Waals surface area contributed by atoms with Crippen molar-refractivity contribution in [1.82, 2.24) is 20.4 Å². The molecule has 6 nitrogen and oxygen atoms in total. The summed E-state index contributed by atoms with van der Waals surface area (Å²) in [6, 6.07) is 2.16. The average Bonchev–Trinajstić information content (AvgIpc) is 2.93. The van der Waals surface area contributed by atoms with Crippen LogP contribution in [0, 0.1) is 11.6 Å². The zero-order valence-electron chi connectivity index (χ0n) is 13.7. The van der Waals surface area contributed by atoms with Crippen LogP contribution in [0.2, 0.25) is 0 Å². The van der Waals surface area contributed by atoms with Crippen LogP contribution in [0.5, 0.6) is 5.75 Å². The number of nitrogens with one attached hydrogen (secondary N) is 2. The maximum absolute atomic E-state index is 13.5. The number of carbonyl (C=O) groups is 1. The van der Waals surface area contributed by atoms with E-state index in [0.29, 0.717) is 0 Å². The first kappa shape index (κ1) is 17.9. The van der Waals surface area contributed by atoms with Crippen LogP contribution < -0.4 is 15.4 Å². The summed E-state index contributed by atoms with van der Waals surface area (Å²) in [6.45, 7) is 1.78. The number of aryl methyl sites for hydroxylation is 1. The second kappa shape index (κ2) is 7.87. The van der Waals surface area contributed by atoms with Gasteiger partial charge in [-0.2, -0.15) is 5.10 Å². The standard InChI is InChI=1S/C16H20F2N4O2/c1-10(9-24-14-5-4-12(17)6-13(14)18)21-16(23)15(19-2)11-7-20-22(3)8-11/h4-8,10,15,19H,9H2,1-3H3,(H,21,23). The molecule has 8 heteroatoms. The van der Waals surface area contributed by atoms with Gasteiger partial charge in [0.05, 0.1) is 12.2 Å². The molecule has 0 spiro atoms. The predicted octanol–water partition coefficient (Wildman–Crippen LogP) is 1.54. The van der Waals surface area contributed by atoms with Gasteiger partial charge >= 0.3 is 0 Å². The Bertz CT molecular complexity index is 705. The number of carbonyl (C=O) groups excluding carboxylic acids is 1. The van der Waals surface area contributed by atoms with Crippen molar-refractivity contribution in [3.8, 4) is 5.75 Å². The van der Waals surface area contributed by atoms with Crippen molar-refractivity contribution in [2.45, 2.75) is 19.0 Å². The van der Waals surface area contributed by atoms with Crippen molar-refractivity contribution >= 4 is 5.91 Å². The first-order chi connectivity index (χ1) is 11.4. The maximum Gasteiger partial charge on any atom is 0.242 e. The van der Waals surface area contributed by atoms with Crippen LogP contribution in [-0.2, 0) is 11.8 Å². The lowest BCUT2D eigenvalue weighted by Gasteiger charge is -2.19. The molecule has 0 aliphatic heterocycles. The highest BCUT2D eigenvalue weighted by Gasteiger charge is 2.21. The molecular weight excluding hydrogens is 318 g/mol. The maximum atomic E-state index is 13.5. The van der Waals surface area contributed by atoms with Crippen molar-refractivity contribution < 1.29 is 18.3 Å². The number of likely N-dealkylation sites (N-methyl/N-ethyl adjacent to an activating group) is 1. The normalized spacial score (nSPS) is 13.4. The number of ether oxygens (including phenoxy) is 1. The Labute approximate surface area is 138 Å². The number of halogens is 2. The minimum atomic E-state index is -0.781. The molecule has 0 fully saturated rings. The summed E-state index contributed by atoms with van der Waals surface area (Å²) in [7, 11) is 3.44. The highest BCUT2D eigenvalue weighted by molar-refractivity contribution is 5.83.